The summed E-state index contributed by atoms with van der Waals surface area (Å²) >= 11 is 0. The van der Waals surface area contributed by atoms with Crippen LogP contribution in [0.2, 0.25) is 0 Å². The zero-order valence-corrected chi connectivity index (χ0v) is 14.3. The van der Waals surface area contributed by atoms with E-state index in [4.69, 9.17) is 4.74 Å². The molecule has 2 unspecified atom stereocenters. The van der Waals surface area contributed by atoms with Gasteiger partial charge in [0, 0.05) is 18.7 Å². The van der Waals surface area contributed by atoms with Crippen molar-refractivity contribution in [1.82, 2.24) is 20.9 Å². The summed E-state index contributed by atoms with van der Waals surface area (Å²) in [5.41, 5.74) is -0.504. The van der Waals surface area contributed by atoms with E-state index < -0.39 is 11.6 Å². The molecule has 4 amide bonds. The third kappa shape index (κ3) is 3.42. The van der Waals surface area contributed by atoms with Gasteiger partial charge in [0.1, 0.15) is 11.3 Å². The highest BCUT2D eigenvalue weighted by Gasteiger charge is 2.54. The number of amides is 4. The molecular formula is C17H22N4O4. The average Bonchev–Trinajstić information content (AvgIpc) is 3.08. The van der Waals surface area contributed by atoms with Gasteiger partial charge in [0.15, 0.2) is 0 Å². The van der Waals surface area contributed by atoms with Gasteiger partial charge in [-0.2, -0.15) is 0 Å². The summed E-state index contributed by atoms with van der Waals surface area (Å²) in [5.74, 6) is -0.190. The molecule has 134 valence electrons. The van der Waals surface area contributed by atoms with Gasteiger partial charge in [-0.15, -0.1) is 0 Å². The predicted molar refractivity (Wildman–Crippen MR) is 89.1 cm³/mol. The molecule has 1 saturated carbocycles. The van der Waals surface area contributed by atoms with Gasteiger partial charge in [-0.25, -0.2) is 4.79 Å². The van der Waals surface area contributed by atoms with Crippen LogP contribution in [0.1, 0.15) is 43.5 Å². The second kappa shape index (κ2) is 6.70. The van der Waals surface area contributed by atoms with Crippen LogP contribution in [0.15, 0.2) is 18.5 Å². The van der Waals surface area contributed by atoms with Crippen LogP contribution in [0.4, 0.5) is 4.79 Å². The van der Waals surface area contributed by atoms with Crippen molar-refractivity contribution < 1.29 is 19.1 Å². The average molecular weight is 346 g/mol. The van der Waals surface area contributed by atoms with Crippen LogP contribution in [0, 0.1) is 5.92 Å². The van der Waals surface area contributed by atoms with Crippen LogP contribution in [-0.2, 0) is 4.79 Å². The number of pyridine rings is 1. The number of nitrogens with one attached hydrogen (secondary N) is 3. The van der Waals surface area contributed by atoms with Crippen LogP contribution < -0.4 is 20.7 Å². The lowest BCUT2D eigenvalue weighted by Gasteiger charge is -2.28. The zero-order valence-electron chi connectivity index (χ0n) is 14.3. The van der Waals surface area contributed by atoms with Crippen LogP contribution in [0.3, 0.4) is 0 Å². The van der Waals surface area contributed by atoms with E-state index in [2.05, 4.69) is 20.9 Å². The molecule has 0 aromatic carbocycles. The van der Waals surface area contributed by atoms with Crippen molar-refractivity contribution >= 4 is 17.8 Å². The van der Waals surface area contributed by atoms with Gasteiger partial charge in [-0.05, 0) is 32.8 Å². The number of hydrogen-bond acceptors (Lipinski definition) is 5. The maximum absolute atomic E-state index is 12.4. The highest BCUT2D eigenvalue weighted by Crippen LogP contribution is 2.37. The SMILES string of the molecule is CC(C)Oc1cncc(C(=O)NCC2CCCC23NC(=O)NC3=O)c1. The minimum absolute atomic E-state index is 0.0112. The minimum Gasteiger partial charge on any atom is -0.489 e. The van der Waals surface area contributed by atoms with Crippen molar-refractivity contribution in [1.29, 1.82) is 0 Å². The Morgan fingerprint density at radius 3 is 2.92 bits per heavy atom. The van der Waals surface area contributed by atoms with E-state index in [0.29, 0.717) is 24.3 Å². The lowest BCUT2D eigenvalue weighted by Crippen LogP contribution is -2.53. The number of nitrogens with zero attached hydrogens (tertiary/aromatic N) is 1. The number of urea groups is 1. The van der Waals surface area contributed by atoms with Crippen molar-refractivity contribution in [2.24, 2.45) is 5.92 Å². The lowest BCUT2D eigenvalue weighted by atomic mass is 9.87. The summed E-state index contributed by atoms with van der Waals surface area (Å²) in [5, 5.41) is 7.88. The molecule has 1 aliphatic heterocycles. The van der Waals surface area contributed by atoms with Gasteiger partial charge in [0.05, 0.1) is 17.9 Å². The Morgan fingerprint density at radius 2 is 2.24 bits per heavy atom. The van der Waals surface area contributed by atoms with Gasteiger partial charge < -0.3 is 15.4 Å². The van der Waals surface area contributed by atoms with E-state index in [9.17, 15) is 14.4 Å². The highest BCUT2D eigenvalue weighted by molar-refractivity contribution is 6.07. The Kier molecular flexibility index (Phi) is 4.61. The Labute approximate surface area is 145 Å². The number of carbonyl (C=O) groups is 3. The van der Waals surface area contributed by atoms with Crippen molar-refractivity contribution in [3.05, 3.63) is 24.0 Å². The number of aromatic nitrogens is 1. The molecule has 8 nitrogen and oxygen atoms in total. The molecule has 1 spiro atoms. The van der Waals surface area contributed by atoms with E-state index in [1.807, 2.05) is 13.8 Å². The van der Waals surface area contributed by atoms with Crippen molar-refractivity contribution in [3.8, 4) is 5.75 Å². The van der Waals surface area contributed by atoms with E-state index in [1.54, 1.807) is 12.3 Å². The number of carbonyl (C=O) groups excluding carboxylic acids is 3. The quantitative estimate of drug-likeness (QED) is 0.689. The number of hydrogen-bond donors (Lipinski definition) is 3. The summed E-state index contributed by atoms with van der Waals surface area (Å²) in [6.45, 7) is 4.10. The third-order valence-corrected chi connectivity index (χ3v) is 4.65. The summed E-state index contributed by atoms with van der Waals surface area (Å²) in [7, 11) is 0. The monoisotopic (exact) mass is 346 g/mol. The fourth-order valence-corrected chi connectivity index (χ4v) is 3.52. The minimum atomic E-state index is -0.898. The molecular weight excluding hydrogens is 324 g/mol. The Hall–Kier alpha value is -2.64. The van der Waals surface area contributed by atoms with Crippen molar-refractivity contribution in [3.63, 3.8) is 0 Å². The normalized spacial score (nSPS) is 25.2. The van der Waals surface area contributed by atoms with E-state index in [-0.39, 0.29) is 23.8 Å². The third-order valence-electron chi connectivity index (χ3n) is 4.65. The molecule has 1 aromatic rings. The van der Waals surface area contributed by atoms with Gasteiger partial charge >= 0.3 is 6.03 Å². The van der Waals surface area contributed by atoms with Crippen LogP contribution >= 0.6 is 0 Å². The number of ether oxygens (including phenoxy) is 1. The molecule has 25 heavy (non-hydrogen) atoms. The van der Waals surface area contributed by atoms with Crippen molar-refractivity contribution in [2.45, 2.75) is 44.8 Å². The molecule has 2 heterocycles. The molecule has 2 fully saturated rings. The molecule has 2 atom stereocenters. The van der Waals surface area contributed by atoms with Crippen LogP contribution in [-0.4, -0.2) is 41.0 Å². The number of rotatable bonds is 5. The second-order valence-electron chi connectivity index (χ2n) is 6.75. The van der Waals surface area contributed by atoms with Gasteiger partial charge in [0.2, 0.25) is 0 Å². The number of imide groups is 1. The Balaban J connectivity index is 1.64. The smallest absolute Gasteiger partial charge is 0.322 e. The maximum atomic E-state index is 12.4. The standard InChI is InChI=1S/C17H22N4O4/c1-10(2)25-13-6-11(7-18-9-13)14(22)19-8-12-4-3-5-17(12)15(23)20-16(24)21-17/h6-7,9-10,12H,3-5,8H2,1-2H3,(H,19,22)(H2,20,21,23,24). The van der Waals surface area contributed by atoms with Gasteiger partial charge in [0.25, 0.3) is 11.8 Å². The van der Waals surface area contributed by atoms with Gasteiger partial charge in [-0.3, -0.25) is 19.9 Å². The first-order valence-corrected chi connectivity index (χ1v) is 8.44. The molecule has 3 N–H and O–H groups in total. The second-order valence-corrected chi connectivity index (χ2v) is 6.75. The summed E-state index contributed by atoms with van der Waals surface area (Å²) in [6.07, 6.45) is 5.20. The molecule has 2 aliphatic rings. The topological polar surface area (TPSA) is 109 Å². The molecule has 1 saturated heterocycles. The molecule has 1 aliphatic carbocycles. The van der Waals surface area contributed by atoms with E-state index in [0.717, 1.165) is 12.8 Å². The predicted octanol–water partition coefficient (Wildman–Crippen LogP) is 0.977. The molecule has 3 rings (SSSR count). The van der Waals surface area contributed by atoms with Crippen LogP contribution in [0.5, 0.6) is 5.75 Å². The zero-order chi connectivity index (χ0) is 18.0. The fourth-order valence-electron chi connectivity index (χ4n) is 3.52. The summed E-state index contributed by atoms with van der Waals surface area (Å²) in [4.78, 5) is 40.1. The molecule has 8 heteroatoms. The maximum Gasteiger partial charge on any atom is 0.322 e. The van der Waals surface area contributed by atoms with Gasteiger partial charge in [-0.1, -0.05) is 6.42 Å². The molecule has 0 bridgehead atoms. The summed E-state index contributed by atoms with van der Waals surface area (Å²) < 4.78 is 5.54. The Bertz CT molecular complexity index is 706. The largest absolute Gasteiger partial charge is 0.489 e. The first kappa shape index (κ1) is 17.2. The van der Waals surface area contributed by atoms with Crippen molar-refractivity contribution in [2.75, 3.05) is 6.54 Å². The Morgan fingerprint density at radius 1 is 1.44 bits per heavy atom. The molecule has 1 aromatic heterocycles. The molecule has 0 radical (unpaired) electrons. The van der Waals surface area contributed by atoms with E-state index >= 15 is 0 Å². The first-order chi connectivity index (χ1) is 11.9. The lowest BCUT2D eigenvalue weighted by molar-refractivity contribution is -0.125. The summed E-state index contributed by atoms with van der Waals surface area (Å²) in [6, 6.07) is 1.17. The van der Waals surface area contributed by atoms with Crippen LogP contribution in [0.25, 0.3) is 0 Å². The van der Waals surface area contributed by atoms with E-state index in [1.165, 1.54) is 6.20 Å². The fraction of sp³-hybridized carbons (Fsp3) is 0.529. The first-order valence-electron chi connectivity index (χ1n) is 8.44. The highest BCUT2D eigenvalue weighted by atomic mass is 16.5.